The minimum atomic E-state index is -1.07. The van der Waals surface area contributed by atoms with Gasteiger partial charge in [0.05, 0.1) is 37.1 Å². The lowest BCUT2D eigenvalue weighted by Gasteiger charge is -2.24. The van der Waals surface area contributed by atoms with Crippen molar-refractivity contribution in [2.45, 2.75) is 59.6 Å². The molecule has 43 heavy (non-hydrogen) atoms. The fourth-order valence-electron chi connectivity index (χ4n) is 5.24. The molecule has 2 aliphatic rings. The zero-order chi connectivity index (χ0) is 30.8. The molecule has 0 aliphatic carbocycles. The molecule has 0 saturated carbocycles. The highest BCUT2D eigenvalue weighted by Crippen LogP contribution is 2.46. The maximum absolute atomic E-state index is 13.7. The first kappa shape index (κ1) is 30.1. The normalized spacial score (nSPS) is 18.9. The van der Waals surface area contributed by atoms with Crippen LogP contribution < -0.4 is 19.1 Å². The van der Waals surface area contributed by atoms with Gasteiger partial charge in [-0.1, -0.05) is 24.3 Å². The topological polar surface area (TPSA) is 124 Å². The number of aromatic nitrogens is 1. The van der Waals surface area contributed by atoms with Crippen molar-refractivity contribution >= 4 is 39.9 Å². The molecule has 10 nitrogen and oxygen atoms in total. The number of hydrogen-bond donors (Lipinski definition) is 1. The Kier molecular flexibility index (Phi) is 8.72. The molecule has 0 radical (unpaired) electrons. The summed E-state index contributed by atoms with van der Waals surface area (Å²) < 4.78 is 22.7. The van der Waals surface area contributed by atoms with E-state index in [0.717, 1.165) is 29.1 Å². The van der Waals surface area contributed by atoms with Crippen molar-refractivity contribution in [2.24, 2.45) is 0 Å². The summed E-state index contributed by atoms with van der Waals surface area (Å²) in [5.41, 5.74) is 2.04. The van der Waals surface area contributed by atoms with Crippen LogP contribution in [0.15, 0.2) is 42.0 Å². The summed E-state index contributed by atoms with van der Waals surface area (Å²) in [5.74, 6) is -0.966. The van der Waals surface area contributed by atoms with Crippen molar-refractivity contribution in [3.05, 3.63) is 69.2 Å². The van der Waals surface area contributed by atoms with E-state index in [1.54, 1.807) is 50.2 Å². The van der Waals surface area contributed by atoms with E-state index in [9.17, 15) is 19.5 Å². The van der Waals surface area contributed by atoms with Crippen molar-refractivity contribution in [3.8, 4) is 17.2 Å². The van der Waals surface area contributed by atoms with E-state index in [4.69, 9.17) is 18.9 Å². The maximum Gasteiger partial charge on any atom is 0.350 e. The summed E-state index contributed by atoms with van der Waals surface area (Å²) in [6.07, 6.45) is 1.44. The molecule has 0 unspecified atom stereocenters. The first-order chi connectivity index (χ1) is 20.7. The molecule has 2 aliphatic heterocycles. The zero-order valence-corrected chi connectivity index (χ0v) is 25.6. The Hall–Kier alpha value is -4.38. The number of aryl methyl sites for hydroxylation is 1. The number of anilines is 1. The highest BCUT2D eigenvalue weighted by molar-refractivity contribution is 7.17. The number of ether oxygens (including phenoxy) is 4. The molecule has 226 valence electrons. The van der Waals surface area contributed by atoms with Gasteiger partial charge in [0.2, 0.25) is 0 Å². The fraction of sp³-hybridized carbons (Fsp3) is 0.375. The second kappa shape index (κ2) is 12.5. The molecule has 1 N–H and O–H groups in total. The number of hydrogen-bond acceptors (Lipinski definition) is 10. The average molecular weight is 607 g/mol. The number of fused-ring (bicyclic) bond motifs is 1. The van der Waals surface area contributed by atoms with E-state index >= 15 is 0 Å². The number of esters is 1. The van der Waals surface area contributed by atoms with E-state index in [0.29, 0.717) is 48.0 Å². The lowest BCUT2D eigenvalue weighted by atomic mass is 9.94. The summed E-state index contributed by atoms with van der Waals surface area (Å²) in [5, 5.41) is 11.8. The minimum absolute atomic E-state index is 0.00913. The quantitative estimate of drug-likeness (QED) is 0.133. The number of benzene rings is 2. The predicted octanol–water partition coefficient (Wildman–Crippen LogP) is 5.77. The number of nitrogens with zero attached hydrogens (tertiary/aromatic N) is 2. The molecule has 0 spiro atoms. The SMILES string of the molecule is CCCOc1ccc([C@H]2C(=C(O)c3ccc4c(c3)C[C@H](C)O4)C(=O)C(=O)N2c2nc(C)c(C(=O)OCC)s2)cc1OCC. The maximum atomic E-state index is 13.7. The first-order valence-corrected chi connectivity index (χ1v) is 15.1. The molecule has 1 amide bonds. The van der Waals surface area contributed by atoms with Crippen LogP contribution in [0.4, 0.5) is 5.13 Å². The Morgan fingerprint density at radius 1 is 1.09 bits per heavy atom. The van der Waals surface area contributed by atoms with E-state index in [1.807, 2.05) is 20.8 Å². The van der Waals surface area contributed by atoms with Gasteiger partial charge in [0.15, 0.2) is 16.6 Å². The Morgan fingerprint density at radius 3 is 2.60 bits per heavy atom. The smallest absolute Gasteiger partial charge is 0.350 e. The molecule has 2 atom stereocenters. The van der Waals surface area contributed by atoms with Crippen LogP contribution in [-0.4, -0.2) is 53.7 Å². The Morgan fingerprint density at radius 2 is 1.88 bits per heavy atom. The highest BCUT2D eigenvalue weighted by Gasteiger charge is 2.49. The van der Waals surface area contributed by atoms with E-state index in [1.165, 1.54) is 4.90 Å². The lowest BCUT2D eigenvalue weighted by Crippen LogP contribution is -2.29. The number of carbonyl (C=O) groups is 3. The Labute approximate surface area is 253 Å². The molecule has 0 bridgehead atoms. The van der Waals surface area contributed by atoms with Gasteiger partial charge in [-0.3, -0.25) is 14.5 Å². The van der Waals surface area contributed by atoms with Gasteiger partial charge in [0.1, 0.15) is 22.5 Å². The Bertz CT molecular complexity index is 1610. The number of aliphatic hydroxyl groups is 1. The van der Waals surface area contributed by atoms with Crippen molar-refractivity contribution in [1.29, 1.82) is 0 Å². The number of thiazole rings is 1. The lowest BCUT2D eigenvalue weighted by molar-refractivity contribution is -0.132. The zero-order valence-electron chi connectivity index (χ0n) is 24.8. The molecule has 1 fully saturated rings. The summed E-state index contributed by atoms with van der Waals surface area (Å²) in [6, 6.07) is 9.28. The van der Waals surface area contributed by atoms with E-state index in [-0.39, 0.29) is 34.1 Å². The number of Topliss-reactive ketones (excluding diaryl/α,β-unsaturated/α-hetero) is 1. The molecule has 1 aromatic heterocycles. The monoisotopic (exact) mass is 606 g/mol. The van der Waals surface area contributed by atoms with Gasteiger partial charge >= 0.3 is 11.9 Å². The van der Waals surface area contributed by atoms with Crippen LogP contribution in [-0.2, 0) is 20.7 Å². The van der Waals surface area contributed by atoms with Gasteiger partial charge in [0, 0.05) is 12.0 Å². The number of ketones is 1. The van der Waals surface area contributed by atoms with E-state index in [2.05, 4.69) is 4.98 Å². The summed E-state index contributed by atoms with van der Waals surface area (Å²) in [6.45, 7) is 10.1. The minimum Gasteiger partial charge on any atom is -0.507 e. The summed E-state index contributed by atoms with van der Waals surface area (Å²) in [7, 11) is 0. The highest BCUT2D eigenvalue weighted by atomic mass is 32.1. The van der Waals surface area contributed by atoms with Crippen LogP contribution in [0, 0.1) is 6.92 Å². The third-order valence-electron chi connectivity index (χ3n) is 7.11. The predicted molar refractivity (Wildman–Crippen MR) is 161 cm³/mol. The van der Waals surface area contributed by atoms with Crippen LogP contribution in [0.25, 0.3) is 5.76 Å². The van der Waals surface area contributed by atoms with Gasteiger partial charge in [-0.15, -0.1) is 0 Å². The molecule has 1 saturated heterocycles. The third kappa shape index (κ3) is 5.69. The fourth-order valence-corrected chi connectivity index (χ4v) is 6.22. The number of carbonyl (C=O) groups excluding carboxylic acids is 3. The van der Waals surface area contributed by atoms with Crippen LogP contribution in [0.2, 0.25) is 0 Å². The number of rotatable bonds is 10. The largest absolute Gasteiger partial charge is 0.507 e. The molecular formula is C32H34N2O8S. The third-order valence-corrected chi connectivity index (χ3v) is 8.25. The van der Waals surface area contributed by atoms with Gasteiger partial charge < -0.3 is 24.1 Å². The second-order valence-electron chi connectivity index (χ2n) is 10.2. The van der Waals surface area contributed by atoms with Gasteiger partial charge in [-0.25, -0.2) is 9.78 Å². The first-order valence-electron chi connectivity index (χ1n) is 14.3. The number of amides is 1. The standard InChI is InChI=1S/C32H34N2O8S/c1-6-13-41-23-12-9-19(16-24(23)39-7-2)26-25(27(35)20-10-11-22-21(15-20)14-17(4)42-22)28(36)30(37)34(26)32-33-18(5)29(43-32)31(38)40-8-3/h9-12,15-17,26,35H,6-8,13-14H2,1-5H3/t17-,26-/m0/s1. The van der Waals surface area contributed by atoms with Gasteiger partial charge in [-0.05, 0) is 75.6 Å². The van der Waals surface area contributed by atoms with E-state index < -0.39 is 23.7 Å². The average Bonchev–Trinajstić information content (AvgIpc) is 3.63. The summed E-state index contributed by atoms with van der Waals surface area (Å²) >= 11 is 0.954. The molecule has 2 aromatic carbocycles. The molecule has 3 heterocycles. The second-order valence-corrected chi connectivity index (χ2v) is 11.2. The van der Waals surface area contributed by atoms with Crippen LogP contribution in [0.3, 0.4) is 0 Å². The molecule has 3 aromatic rings. The van der Waals surface area contributed by atoms with Crippen LogP contribution >= 0.6 is 11.3 Å². The van der Waals surface area contributed by atoms with Gasteiger partial charge in [-0.2, -0.15) is 0 Å². The van der Waals surface area contributed by atoms with Crippen molar-refractivity contribution in [2.75, 3.05) is 24.7 Å². The van der Waals surface area contributed by atoms with Crippen molar-refractivity contribution in [1.82, 2.24) is 4.98 Å². The van der Waals surface area contributed by atoms with Crippen molar-refractivity contribution < 1.29 is 38.4 Å². The molecule has 5 rings (SSSR count). The Balaban J connectivity index is 1.68. The summed E-state index contributed by atoms with van der Waals surface area (Å²) in [4.78, 5) is 46.0. The van der Waals surface area contributed by atoms with Gasteiger partial charge in [0.25, 0.3) is 5.78 Å². The van der Waals surface area contributed by atoms with Crippen LogP contribution in [0.1, 0.15) is 72.2 Å². The number of aliphatic hydroxyl groups excluding tert-OH is 1. The van der Waals surface area contributed by atoms with Crippen LogP contribution in [0.5, 0.6) is 17.2 Å². The molecular weight excluding hydrogens is 572 g/mol. The van der Waals surface area contributed by atoms with Crippen molar-refractivity contribution in [3.63, 3.8) is 0 Å². The molecule has 11 heteroatoms.